The molecule has 0 saturated heterocycles. The first-order valence-corrected chi connectivity index (χ1v) is 4.61. The van der Waals surface area contributed by atoms with Crippen molar-refractivity contribution in [3.05, 3.63) is 27.9 Å². The second kappa shape index (κ2) is 2.96. The molecule has 2 rings (SSSR count). The molecule has 1 N–H and O–H groups in total. The number of aryl methyl sites for hydroxylation is 1. The average Bonchev–Trinajstić information content (AvgIpc) is 2.48. The van der Waals surface area contributed by atoms with Crippen molar-refractivity contribution in [2.24, 2.45) is 0 Å². The highest BCUT2D eigenvalue weighted by molar-refractivity contribution is 9.10. The highest BCUT2D eigenvalue weighted by Gasteiger charge is 2.06. The number of carbonyl (C=O) groups excluding carboxylic acids is 1. The monoisotopic (exact) mass is 238 g/mol. The molecular formula is C9H7BrN2O. The van der Waals surface area contributed by atoms with E-state index in [1.54, 1.807) is 6.07 Å². The van der Waals surface area contributed by atoms with Crippen LogP contribution in [0.1, 0.15) is 16.1 Å². The molecule has 1 aromatic heterocycles. The maximum atomic E-state index is 10.6. The van der Waals surface area contributed by atoms with Gasteiger partial charge in [0.2, 0.25) is 0 Å². The van der Waals surface area contributed by atoms with Gasteiger partial charge in [0.15, 0.2) is 0 Å². The number of nitrogens with zero attached hydrogens (tertiary/aromatic N) is 1. The highest BCUT2D eigenvalue weighted by atomic mass is 79.9. The quantitative estimate of drug-likeness (QED) is 0.777. The summed E-state index contributed by atoms with van der Waals surface area (Å²) in [5.74, 6) is 0. The Morgan fingerprint density at radius 1 is 1.54 bits per heavy atom. The van der Waals surface area contributed by atoms with Gasteiger partial charge in [0.25, 0.3) is 0 Å². The van der Waals surface area contributed by atoms with E-state index in [0.29, 0.717) is 5.56 Å². The number of nitrogens with one attached hydrogen (secondary N) is 1. The van der Waals surface area contributed by atoms with Crippen molar-refractivity contribution >= 4 is 33.1 Å². The number of fused-ring (bicyclic) bond motifs is 1. The van der Waals surface area contributed by atoms with E-state index in [1.165, 1.54) is 0 Å². The molecule has 66 valence electrons. The molecule has 0 saturated carbocycles. The summed E-state index contributed by atoms with van der Waals surface area (Å²) in [5, 5.41) is 7.96. The van der Waals surface area contributed by atoms with Gasteiger partial charge in [0, 0.05) is 21.1 Å². The number of aromatic nitrogens is 2. The van der Waals surface area contributed by atoms with E-state index in [-0.39, 0.29) is 0 Å². The Morgan fingerprint density at radius 3 is 3.00 bits per heavy atom. The molecule has 0 fully saturated rings. The molecule has 0 bridgehead atoms. The van der Waals surface area contributed by atoms with Crippen LogP contribution < -0.4 is 0 Å². The molecule has 0 unspecified atom stereocenters. The number of hydrogen-bond donors (Lipinski definition) is 1. The van der Waals surface area contributed by atoms with E-state index < -0.39 is 0 Å². The van der Waals surface area contributed by atoms with E-state index in [2.05, 4.69) is 26.1 Å². The number of hydrogen-bond acceptors (Lipinski definition) is 2. The molecule has 0 atom stereocenters. The second-order valence-corrected chi connectivity index (χ2v) is 3.72. The van der Waals surface area contributed by atoms with Crippen LogP contribution in [0.5, 0.6) is 0 Å². The standard InChI is InChI=1S/C9H7BrN2O/c1-5-7-2-6(4-13)3-8(10)9(7)12-11-5/h2-4H,1H3,(H,11,12). The zero-order valence-corrected chi connectivity index (χ0v) is 8.55. The first kappa shape index (κ1) is 8.44. The summed E-state index contributed by atoms with van der Waals surface area (Å²) in [7, 11) is 0. The predicted molar refractivity (Wildman–Crippen MR) is 53.9 cm³/mol. The summed E-state index contributed by atoms with van der Waals surface area (Å²) >= 11 is 3.36. The molecule has 1 heterocycles. The minimum Gasteiger partial charge on any atom is -0.298 e. The summed E-state index contributed by atoms with van der Waals surface area (Å²) in [6.07, 6.45) is 0.830. The lowest BCUT2D eigenvalue weighted by Crippen LogP contribution is -1.81. The van der Waals surface area contributed by atoms with Gasteiger partial charge in [-0.2, -0.15) is 5.10 Å². The van der Waals surface area contributed by atoms with Gasteiger partial charge in [-0.25, -0.2) is 0 Å². The first-order valence-electron chi connectivity index (χ1n) is 3.82. The first-order chi connectivity index (χ1) is 6.22. The van der Waals surface area contributed by atoms with Crippen LogP contribution in [0.25, 0.3) is 10.9 Å². The Labute approximate surface area is 83.3 Å². The van der Waals surface area contributed by atoms with Crippen LogP contribution in [0.3, 0.4) is 0 Å². The van der Waals surface area contributed by atoms with Crippen molar-refractivity contribution < 1.29 is 4.79 Å². The number of halogens is 1. The third-order valence-electron chi connectivity index (χ3n) is 1.96. The van der Waals surface area contributed by atoms with Crippen LogP contribution in [-0.4, -0.2) is 16.5 Å². The third kappa shape index (κ3) is 1.27. The number of carbonyl (C=O) groups is 1. The van der Waals surface area contributed by atoms with Gasteiger partial charge in [0.1, 0.15) is 11.8 Å². The number of H-pyrrole nitrogens is 1. The molecule has 13 heavy (non-hydrogen) atoms. The Balaban J connectivity index is 2.87. The maximum absolute atomic E-state index is 10.6. The number of rotatable bonds is 1. The van der Waals surface area contributed by atoms with E-state index in [9.17, 15) is 4.79 Å². The topological polar surface area (TPSA) is 45.8 Å². The van der Waals surface area contributed by atoms with Crippen molar-refractivity contribution in [1.29, 1.82) is 0 Å². The zero-order valence-electron chi connectivity index (χ0n) is 6.97. The third-order valence-corrected chi connectivity index (χ3v) is 2.57. The Morgan fingerprint density at radius 2 is 2.31 bits per heavy atom. The molecule has 1 aromatic carbocycles. The Bertz CT molecular complexity index is 476. The van der Waals surface area contributed by atoms with Gasteiger partial charge in [-0.15, -0.1) is 0 Å². The van der Waals surface area contributed by atoms with Gasteiger partial charge < -0.3 is 0 Å². The normalized spacial score (nSPS) is 10.6. The van der Waals surface area contributed by atoms with Crippen LogP contribution in [-0.2, 0) is 0 Å². The van der Waals surface area contributed by atoms with Crippen LogP contribution in [0.15, 0.2) is 16.6 Å². The van der Waals surface area contributed by atoms with Crippen molar-refractivity contribution in [2.45, 2.75) is 6.92 Å². The molecule has 0 spiro atoms. The Kier molecular flexibility index (Phi) is 1.92. The minimum absolute atomic E-state index is 0.656. The lowest BCUT2D eigenvalue weighted by Gasteiger charge is -1.95. The molecule has 0 aliphatic heterocycles. The molecule has 0 radical (unpaired) electrons. The molecule has 0 aliphatic rings. The van der Waals surface area contributed by atoms with E-state index in [1.807, 2.05) is 13.0 Å². The molecular weight excluding hydrogens is 232 g/mol. The van der Waals surface area contributed by atoms with E-state index in [0.717, 1.165) is 27.4 Å². The minimum atomic E-state index is 0.656. The van der Waals surface area contributed by atoms with Crippen LogP contribution in [0.2, 0.25) is 0 Å². The van der Waals surface area contributed by atoms with Crippen LogP contribution >= 0.6 is 15.9 Å². The number of benzene rings is 1. The average molecular weight is 239 g/mol. The molecule has 4 heteroatoms. The second-order valence-electron chi connectivity index (χ2n) is 2.87. The maximum Gasteiger partial charge on any atom is 0.150 e. The SMILES string of the molecule is Cc1[nH]nc2c(Br)cc(C=O)cc12. The largest absolute Gasteiger partial charge is 0.298 e. The highest BCUT2D eigenvalue weighted by Crippen LogP contribution is 2.25. The number of aldehydes is 1. The zero-order chi connectivity index (χ0) is 9.42. The molecule has 0 amide bonds. The summed E-state index contributed by atoms with van der Waals surface area (Å²) < 4.78 is 0.844. The summed E-state index contributed by atoms with van der Waals surface area (Å²) in [6.45, 7) is 1.93. The summed E-state index contributed by atoms with van der Waals surface area (Å²) in [6, 6.07) is 3.58. The van der Waals surface area contributed by atoms with E-state index in [4.69, 9.17) is 0 Å². The molecule has 3 nitrogen and oxygen atoms in total. The van der Waals surface area contributed by atoms with E-state index >= 15 is 0 Å². The van der Waals surface area contributed by atoms with Crippen molar-refractivity contribution in [1.82, 2.24) is 10.2 Å². The lowest BCUT2D eigenvalue weighted by atomic mass is 10.1. The van der Waals surface area contributed by atoms with Gasteiger partial charge in [-0.3, -0.25) is 9.89 Å². The number of aromatic amines is 1. The summed E-state index contributed by atoms with van der Waals surface area (Å²) in [4.78, 5) is 10.6. The van der Waals surface area contributed by atoms with Crippen LogP contribution in [0, 0.1) is 6.92 Å². The molecule has 2 aromatic rings. The van der Waals surface area contributed by atoms with Crippen molar-refractivity contribution in [3.8, 4) is 0 Å². The van der Waals surface area contributed by atoms with Crippen molar-refractivity contribution in [2.75, 3.05) is 0 Å². The van der Waals surface area contributed by atoms with Crippen LogP contribution in [0.4, 0.5) is 0 Å². The molecule has 0 aliphatic carbocycles. The fourth-order valence-electron chi connectivity index (χ4n) is 1.29. The van der Waals surface area contributed by atoms with Gasteiger partial charge in [-0.1, -0.05) is 0 Å². The van der Waals surface area contributed by atoms with Gasteiger partial charge >= 0.3 is 0 Å². The Hall–Kier alpha value is -1.16. The summed E-state index contributed by atoms with van der Waals surface area (Å²) in [5.41, 5.74) is 2.49. The smallest absolute Gasteiger partial charge is 0.150 e. The van der Waals surface area contributed by atoms with Crippen molar-refractivity contribution in [3.63, 3.8) is 0 Å². The fourth-order valence-corrected chi connectivity index (χ4v) is 1.85. The lowest BCUT2D eigenvalue weighted by molar-refractivity contribution is 0.112. The predicted octanol–water partition coefficient (Wildman–Crippen LogP) is 2.45. The fraction of sp³-hybridized carbons (Fsp3) is 0.111. The van der Waals surface area contributed by atoms with Gasteiger partial charge in [-0.05, 0) is 35.0 Å². The van der Waals surface area contributed by atoms with Gasteiger partial charge in [0.05, 0.1) is 0 Å².